The zero-order valence-corrected chi connectivity index (χ0v) is 12.5. The molecule has 0 aromatic heterocycles. The van der Waals surface area contributed by atoms with E-state index in [1.165, 1.54) is 12.8 Å². The molecule has 0 radical (unpaired) electrons. The summed E-state index contributed by atoms with van der Waals surface area (Å²) in [7, 11) is 0. The molecule has 1 aliphatic rings. The van der Waals surface area contributed by atoms with Crippen LogP contribution in [-0.4, -0.2) is 18.5 Å². The Morgan fingerprint density at radius 3 is 2.82 bits per heavy atom. The van der Waals surface area contributed by atoms with Gasteiger partial charge in [0.05, 0.1) is 5.69 Å². The number of carbonyl (C=O) groups is 1. The number of carbonyl (C=O) groups excluding carboxylic acids is 1. The van der Waals surface area contributed by atoms with Crippen molar-refractivity contribution in [3.05, 3.63) is 27.1 Å². The second-order valence-corrected chi connectivity index (χ2v) is 5.92. The van der Waals surface area contributed by atoms with Crippen LogP contribution in [0.1, 0.15) is 19.3 Å². The largest absolute Gasteiger partial charge is 0.325 e. The minimum Gasteiger partial charge on any atom is -0.325 e. The maximum Gasteiger partial charge on any atom is 0.225 e. The summed E-state index contributed by atoms with van der Waals surface area (Å²) in [6.45, 7) is 0.752. The summed E-state index contributed by atoms with van der Waals surface area (Å²) in [6, 6.07) is 6.37. The average Bonchev–Trinajstić information content (AvgIpc) is 3.07. The highest BCUT2D eigenvalue weighted by Gasteiger charge is 2.20. The maximum absolute atomic E-state index is 11.7. The van der Waals surface area contributed by atoms with Crippen molar-refractivity contribution in [2.45, 2.75) is 25.3 Å². The van der Waals surface area contributed by atoms with E-state index in [0.29, 0.717) is 12.5 Å². The molecule has 0 heterocycles. The Morgan fingerprint density at radius 1 is 1.35 bits per heavy atom. The molecule has 1 amide bonds. The third-order valence-electron chi connectivity index (χ3n) is 2.56. The first-order chi connectivity index (χ1) is 8.15. The van der Waals surface area contributed by atoms with Gasteiger partial charge in [-0.1, -0.05) is 15.9 Å². The van der Waals surface area contributed by atoms with E-state index in [-0.39, 0.29) is 5.91 Å². The predicted octanol–water partition coefficient (Wildman–Crippen LogP) is 3.29. The highest BCUT2D eigenvalue weighted by molar-refractivity contribution is 9.11. The van der Waals surface area contributed by atoms with Crippen molar-refractivity contribution in [1.29, 1.82) is 0 Å². The molecule has 1 fully saturated rings. The van der Waals surface area contributed by atoms with Crippen LogP contribution in [0, 0.1) is 0 Å². The minimum absolute atomic E-state index is 0.0388. The number of benzene rings is 1. The summed E-state index contributed by atoms with van der Waals surface area (Å²) in [4.78, 5) is 11.7. The van der Waals surface area contributed by atoms with Gasteiger partial charge in [-0.3, -0.25) is 4.79 Å². The second-order valence-electron chi connectivity index (χ2n) is 4.15. The highest BCUT2D eigenvalue weighted by Crippen LogP contribution is 2.26. The number of amides is 1. The Balaban J connectivity index is 1.81. The lowest BCUT2D eigenvalue weighted by Gasteiger charge is -2.08. The Hall–Kier alpha value is -0.390. The monoisotopic (exact) mass is 360 g/mol. The van der Waals surface area contributed by atoms with Crippen LogP contribution in [0.25, 0.3) is 0 Å². The molecule has 1 aliphatic carbocycles. The molecule has 2 rings (SSSR count). The van der Waals surface area contributed by atoms with Crippen molar-refractivity contribution in [3.8, 4) is 0 Å². The molecule has 17 heavy (non-hydrogen) atoms. The fraction of sp³-hybridized carbons (Fsp3) is 0.417. The van der Waals surface area contributed by atoms with E-state index in [1.54, 1.807) is 0 Å². The lowest BCUT2D eigenvalue weighted by molar-refractivity contribution is -0.116. The lowest BCUT2D eigenvalue weighted by atomic mass is 10.3. The Bertz CT molecular complexity index is 419. The molecule has 5 heteroatoms. The fourth-order valence-corrected chi connectivity index (χ4v) is 2.19. The number of rotatable bonds is 5. The van der Waals surface area contributed by atoms with Crippen LogP contribution in [0.15, 0.2) is 27.1 Å². The molecule has 1 saturated carbocycles. The van der Waals surface area contributed by atoms with Crippen molar-refractivity contribution in [2.75, 3.05) is 11.9 Å². The van der Waals surface area contributed by atoms with E-state index >= 15 is 0 Å². The molecule has 0 atom stereocenters. The topological polar surface area (TPSA) is 41.1 Å². The molecule has 0 spiro atoms. The molecule has 2 N–H and O–H groups in total. The van der Waals surface area contributed by atoms with Crippen LogP contribution in [0.5, 0.6) is 0 Å². The minimum atomic E-state index is 0.0388. The van der Waals surface area contributed by atoms with E-state index in [1.807, 2.05) is 18.2 Å². The molecule has 0 saturated heterocycles. The number of hydrogen-bond acceptors (Lipinski definition) is 2. The summed E-state index contributed by atoms with van der Waals surface area (Å²) in [5.41, 5.74) is 0.802. The van der Waals surface area contributed by atoms with Gasteiger partial charge in [0.15, 0.2) is 0 Å². The Morgan fingerprint density at radius 2 is 2.12 bits per heavy atom. The van der Waals surface area contributed by atoms with Crippen LogP contribution in [-0.2, 0) is 4.79 Å². The van der Waals surface area contributed by atoms with Crippen LogP contribution in [0.3, 0.4) is 0 Å². The molecular formula is C12H14Br2N2O. The van der Waals surface area contributed by atoms with E-state index in [9.17, 15) is 4.79 Å². The zero-order chi connectivity index (χ0) is 12.3. The third-order valence-corrected chi connectivity index (χ3v) is 3.75. The number of nitrogens with one attached hydrogen (secondary N) is 2. The summed E-state index contributed by atoms with van der Waals surface area (Å²) < 4.78 is 1.84. The van der Waals surface area contributed by atoms with E-state index < -0.39 is 0 Å². The quantitative estimate of drug-likeness (QED) is 0.844. The van der Waals surface area contributed by atoms with Crippen LogP contribution < -0.4 is 10.6 Å². The Labute approximate surface area is 118 Å². The molecule has 1 aromatic rings. The predicted molar refractivity (Wildman–Crippen MR) is 76.1 cm³/mol. The van der Waals surface area contributed by atoms with E-state index in [2.05, 4.69) is 42.5 Å². The number of anilines is 1. The summed E-state index contributed by atoms with van der Waals surface area (Å²) in [5.74, 6) is 0.0388. The first kappa shape index (κ1) is 13.1. The van der Waals surface area contributed by atoms with Gasteiger partial charge in [-0.15, -0.1) is 0 Å². The van der Waals surface area contributed by atoms with Crippen molar-refractivity contribution in [3.63, 3.8) is 0 Å². The Kier molecular flexibility index (Phi) is 4.59. The van der Waals surface area contributed by atoms with Crippen LogP contribution >= 0.6 is 31.9 Å². The van der Waals surface area contributed by atoms with Crippen molar-refractivity contribution in [1.82, 2.24) is 5.32 Å². The molecule has 92 valence electrons. The second kappa shape index (κ2) is 5.98. The normalized spacial score (nSPS) is 14.7. The summed E-state index contributed by atoms with van der Waals surface area (Å²) in [6.07, 6.45) is 3.01. The standard InChI is InChI=1S/C12H14Br2N2O/c13-8-1-4-10(14)11(7-8)16-12(17)5-6-15-9-2-3-9/h1,4,7,9,15H,2-3,5-6H2,(H,16,17). The first-order valence-corrected chi connectivity index (χ1v) is 7.22. The number of hydrogen-bond donors (Lipinski definition) is 2. The smallest absolute Gasteiger partial charge is 0.225 e. The maximum atomic E-state index is 11.7. The number of halogens is 2. The molecule has 3 nitrogen and oxygen atoms in total. The average molecular weight is 362 g/mol. The van der Waals surface area contributed by atoms with Crippen LogP contribution in [0.4, 0.5) is 5.69 Å². The van der Waals surface area contributed by atoms with Gasteiger partial charge in [0.2, 0.25) is 5.91 Å². The highest BCUT2D eigenvalue weighted by atomic mass is 79.9. The van der Waals surface area contributed by atoms with Gasteiger partial charge >= 0.3 is 0 Å². The zero-order valence-electron chi connectivity index (χ0n) is 9.30. The fourth-order valence-electron chi connectivity index (χ4n) is 1.48. The van der Waals surface area contributed by atoms with Gasteiger partial charge in [-0.25, -0.2) is 0 Å². The van der Waals surface area contributed by atoms with Gasteiger partial charge in [-0.2, -0.15) is 0 Å². The SMILES string of the molecule is O=C(CCNC1CC1)Nc1cc(Br)ccc1Br. The van der Waals surface area contributed by atoms with Crippen molar-refractivity contribution in [2.24, 2.45) is 0 Å². The van der Waals surface area contributed by atoms with Gasteiger partial charge in [0, 0.05) is 28.0 Å². The van der Waals surface area contributed by atoms with Gasteiger partial charge in [-0.05, 0) is 47.0 Å². The van der Waals surface area contributed by atoms with E-state index in [4.69, 9.17) is 0 Å². The van der Waals surface area contributed by atoms with Crippen molar-refractivity contribution >= 4 is 43.5 Å². The third kappa shape index (κ3) is 4.41. The summed E-state index contributed by atoms with van der Waals surface area (Å²) in [5, 5.41) is 6.21. The molecule has 0 bridgehead atoms. The first-order valence-electron chi connectivity index (χ1n) is 5.63. The van der Waals surface area contributed by atoms with Crippen molar-refractivity contribution < 1.29 is 4.79 Å². The van der Waals surface area contributed by atoms with E-state index in [0.717, 1.165) is 21.2 Å². The van der Waals surface area contributed by atoms with Gasteiger partial charge in [0.25, 0.3) is 0 Å². The lowest BCUT2D eigenvalue weighted by Crippen LogP contribution is -2.23. The molecule has 0 aliphatic heterocycles. The molecular weight excluding hydrogens is 348 g/mol. The van der Waals surface area contributed by atoms with Gasteiger partial charge < -0.3 is 10.6 Å². The molecule has 0 unspecified atom stereocenters. The van der Waals surface area contributed by atoms with Gasteiger partial charge in [0.1, 0.15) is 0 Å². The summed E-state index contributed by atoms with van der Waals surface area (Å²) >= 11 is 6.79. The molecule has 1 aromatic carbocycles. The van der Waals surface area contributed by atoms with Crippen LogP contribution in [0.2, 0.25) is 0 Å².